The molecular formula is C51H80N2O18. The number of rotatable bonds is 4. The number of carbonyl (C=O) groups excluding carboxylic acids is 2. The summed E-state index contributed by atoms with van der Waals surface area (Å²) in [4.78, 5) is 26.6. The number of nitrogens with two attached hydrogens (primary N) is 1. The van der Waals surface area contributed by atoms with Gasteiger partial charge in [-0.3, -0.25) is 9.59 Å². The number of aliphatic hydroxyl groups excluding tert-OH is 10. The fourth-order valence-electron chi connectivity index (χ4n) is 8.95. The van der Waals surface area contributed by atoms with Gasteiger partial charge in [-0.25, -0.2) is 0 Å². The number of cyclic esters (lactones) is 1. The zero-order chi connectivity index (χ0) is 52.4. The predicted molar refractivity (Wildman–Crippen MR) is 258 cm³/mol. The number of ether oxygens (including phenoxy) is 5. The van der Waals surface area contributed by atoms with E-state index in [2.05, 4.69) is 5.32 Å². The Morgan fingerprint density at radius 3 is 1.87 bits per heavy atom. The van der Waals surface area contributed by atoms with Crippen molar-refractivity contribution < 1.29 is 89.4 Å². The molecule has 20 heteroatoms. The molecule has 14 N–H and O–H groups in total. The van der Waals surface area contributed by atoms with Gasteiger partial charge in [0.2, 0.25) is 5.91 Å². The summed E-state index contributed by atoms with van der Waals surface area (Å²) in [5.74, 6) is -5.95. The lowest BCUT2D eigenvalue weighted by Crippen LogP contribution is -2.62. The highest BCUT2D eigenvalue weighted by molar-refractivity contribution is 5.80. The topological polar surface area (TPSA) is 341 Å². The Labute approximate surface area is 416 Å². The van der Waals surface area contributed by atoms with E-state index >= 15 is 0 Å². The summed E-state index contributed by atoms with van der Waals surface area (Å²) >= 11 is 0. The summed E-state index contributed by atoms with van der Waals surface area (Å²) in [6.07, 6.45) is 2.79. The highest BCUT2D eigenvalue weighted by atomic mass is 16.7. The third-order valence-corrected chi connectivity index (χ3v) is 13.4. The van der Waals surface area contributed by atoms with Gasteiger partial charge in [-0.2, -0.15) is 0 Å². The molecule has 0 radical (unpaired) electrons. The van der Waals surface area contributed by atoms with Crippen molar-refractivity contribution in [1.82, 2.24) is 5.32 Å². The van der Waals surface area contributed by atoms with E-state index in [-0.39, 0.29) is 44.8 Å². The van der Waals surface area contributed by atoms with E-state index in [4.69, 9.17) is 29.4 Å². The number of fused-ring (bicyclic) bond motifs is 2. The van der Waals surface area contributed by atoms with Gasteiger partial charge >= 0.3 is 5.97 Å². The average Bonchev–Trinajstić information content (AvgIpc) is 3.70. The standard InChI is InChI=1S/C51H80N2O18/c1-29-17-15-13-11-9-7-5-6-8-10-12-14-16-18-36(70-50-48(64)45(52)47(63)32(4)69-50)24-42-44(49(65)53-37-27-67-28-41(37)60)40(59)26-51(66,71-42)25-35(56)22-39(58)38(57)20-19-33(54)21-34(55)23-43(61)68-31(3)30(2)46(29)62/h5-18,29-42,44-48,50,54-60,62-64,66H,19-28,52H2,1-4H3,(H,53,65)/b6-5+,9-7+,10-8+,13-11+,14-12+,17-15+,18-16+/t29-,30-,31-,32+,33?,34?,35?,36?,37-,38?,39?,40-,41-,42-,44?,45-,46?,47?,48?,50-,51?/m0/s1. The fourth-order valence-corrected chi connectivity index (χ4v) is 8.95. The van der Waals surface area contributed by atoms with Gasteiger partial charge in [0.05, 0.1) is 111 Å². The number of nitrogens with one attached hydrogen (secondary N) is 1. The number of esters is 1. The Morgan fingerprint density at radius 2 is 1.27 bits per heavy atom. The van der Waals surface area contributed by atoms with Crippen LogP contribution < -0.4 is 11.1 Å². The number of hydrogen-bond donors (Lipinski definition) is 13. The van der Waals surface area contributed by atoms with Crippen molar-refractivity contribution in [2.24, 2.45) is 23.5 Å². The second kappa shape index (κ2) is 29.4. The molecule has 20 nitrogen and oxygen atoms in total. The smallest absolute Gasteiger partial charge is 0.308 e. The van der Waals surface area contributed by atoms with E-state index in [0.717, 1.165) is 0 Å². The minimum absolute atomic E-state index is 0.00762. The Morgan fingerprint density at radius 1 is 0.662 bits per heavy atom. The van der Waals surface area contributed by atoms with Crippen molar-refractivity contribution >= 4 is 11.9 Å². The first-order valence-corrected chi connectivity index (χ1v) is 24.6. The minimum Gasteiger partial charge on any atom is -0.462 e. The Bertz CT molecular complexity index is 1840. The summed E-state index contributed by atoms with van der Waals surface area (Å²) in [6, 6.07) is -1.98. The fraction of sp³-hybridized carbons (Fsp3) is 0.686. The molecule has 11 unspecified atom stereocenters. The number of allylic oxidation sites excluding steroid dienone is 12. The lowest BCUT2D eigenvalue weighted by Gasteiger charge is -2.46. The van der Waals surface area contributed by atoms with Crippen molar-refractivity contribution in [2.45, 2.75) is 189 Å². The van der Waals surface area contributed by atoms with E-state index < -0.39 is 159 Å². The molecule has 0 aromatic rings. The first kappa shape index (κ1) is 60.0. The van der Waals surface area contributed by atoms with E-state index in [1.807, 2.05) is 31.2 Å². The van der Waals surface area contributed by atoms with Crippen molar-refractivity contribution in [3.05, 3.63) is 85.1 Å². The highest BCUT2D eigenvalue weighted by Gasteiger charge is 2.51. The maximum atomic E-state index is 13.9. The summed E-state index contributed by atoms with van der Waals surface area (Å²) < 4.78 is 29.0. The molecule has 0 aromatic carbocycles. The van der Waals surface area contributed by atoms with Gasteiger partial charge in [-0.1, -0.05) is 98.9 Å². The van der Waals surface area contributed by atoms with Gasteiger partial charge in [0.1, 0.15) is 12.2 Å². The Balaban J connectivity index is 1.60. The van der Waals surface area contributed by atoms with Crippen LogP contribution in [-0.4, -0.2) is 191 Å². The highest BCUT2D eigenvalue weighted by Crippen LogP contribution is 2.38. The molecule has 1 amide bonds. The van der Waals surface area contributed by atoms with Gasteiger partial charge in [0.25, 0.3) is 0 Å². The molecule has 4 heterocycles. The first-order chi connectivity index (χ1) is 33.6. The normalized spacial score (nSPS) is 45.8. The van der Waals surface area contributed by atoms with E-state index in [9.17, 15) is 65.8 Å². The third kappa shape index (κ3) is 19.4. The van der Waals surface area contributed by atoms with Crippen molar-refractivity contribution in [2.75, 3.05) is 13.2 Å². The zero-order valence-electron chi connectivity index (χ0n) is 41.1. The summed E-state index contributed by atoms with van der Waals surface area (Å²) in [5, 5.41) is 123. The monoisotopic (exact) mass is 1010 g/mol. The van der Waals surface area contributed by atoms with Crippen molar-refractivity contribution in [3.63, 3.8) is 0 Å². The second-order valence-electron chi connectivity index (χ2n) is 19.4. The molecule has 0 aromatic heterocycles. The van der Waals surface area contributed by atoms with Gasteiger partial charge in [-0.15, -0.1) is 0 Å². The van der Waals surface area contributed by atoms with Crippen LogP contribution in [0.2, 0.25) is 0 Å². The number of hydrogen-bond acceptors (Lipinski definition) is 19. The molecule has 0 aliphatic carbocycles. The summed E-state index contributed by atoms with van der Waals surface area (Å²) in [6.45, 7) is 6.72. The lowest BCUT2D eigenvalue weighted by molar-refractivity contribution is -0.307. The molecule has 3 fully saturated rings. The van der Waals surface area contributed by atoms with Crippen LogP contribution in [0.25, 0.3) is 0 Å². The summed E-state index contributed by atoms with van der Waals surface area (Å²) in [7, 11) is 0. The Hall–Kier alpha value is -3.52. The Kier molecular flexibility index (Phi) is 24.9. The molecule has 402 valence electrons. The SMILES string of the molecule is C[C@@H]1OC(=O)CC(O)CC(O)CCC(O)C(O)CC(O)CC2(O)C[C@H](O)C(C(=O)N[C@H]3COC[C@@H]3O)[C@H](CC(O[C@@H]3O[C@H](C)C(O)[C@H](N)C3O)/C=C/C=C/C=C/C=C/C=C/C=C/C=C/[C@H](C)C(O)[C@H]1C)O2. The summed E-state index contributed by atoms with van der Waals surface area (Å²) in [5.41, 5.74) is 6.10. The van der Waals surface area contributed by atoms with Gasteiger partial charge < -0.3 is 90.9 Å². The molecule has 0 saturated carbocycles. The predicted octanol–water partition coefficient (Wildman–Crippen LogP) is -0.497. The van der Waals surface area contributed by atoms with Crippen molar-refractivity contribution in [3.8, 4) is 0 Å². The zero-order valence-corrected chi connectivity index (χ0v) is 41.1. The third-order valence-electron chi connectivity index (χ3n) is 13.4. The lowest BCUT2D eigenvalue weighted by atomic mass is 9.82. The average molecular weight is 1010 g/mol. The molecule has 4 rings (SSSR count). The molecule has 71 heavy (non-hydrogen) atoms. The largest absolute Gasteiger partial charge is 0.462 e. The first-order valence-electron chi connectivity index (χ1n) is 24.6. The molecule has 4 aliphatic heterocycles. The number of carbonyl (C=O) groups is 2. The van der Waals surface area contributed by atoms with Gasteiger partial charge in [0.15, 0.2) is 12.1 Å². The van der Waals surface area contributed by atoms with Gasteiger partial charge in [0, 0.05) is 37.5 Å². The van der Waals surface area contributed by atoms with Crippen LogP contribution in [0, 0.1) is 17.8 Å². The van der Waals surface area contributed by atoms with Crippen LogP contribution in [0.4, 0.5) is 0 Å². The van der Waals surface area contributed by atoms with Crippen LogP contribution in [-0.2, 0) is 33.3 Å². The number of aliphatic hydroxyl groups is 11. The minimum atomic E-state index is -2.32. The van der Waals surface area contributed by atoms with Gasteiger partial charge in [-0.05, 0) is 33.1 Å². The van der Waals surface area contributed by atoms with Crippen LogP contribution in [0.5, 0.6) is 0 Å². The second-order valence-corrected chi connectivity index (χ2v) is 19.4. The van der Waals surface area contributed by atoms with Crippen LogP contribution in [0.3, 0.4) is 0 Å². The van der Waals surface area contributed by atoms with Crippen LogP contribution >= 0.6 is 0 Å². The maximum absolute atomic E-state index is 13.9. The molecule has 2 bridgehead atoms. The van der Waals surface area contributed by atoms with Crippen LogP contribution in [0.1, 0.15) is 79.1 Å². The quantitative estimate of drug-likeness (QED) is 0.158. The van der Waals surface area contributed by atoms with Crippen molar-refractivity contribution in [1.29, 1.82) is 0 Å². The molecule has 21 atom stereocenters. The number of amides is 1. The molecule has 4 aliphatic rings. The van der Waals surface area contributed by atoms with E-state index in [1.54, 1.807) is 81.5 Å². The van der Waals surface area contributed by atoms with Crippen LogP contribution in [0.15, 0.2) is 85.1 Å². The molecular weight excluding hydrogens is 929 g/mol. The van der Waals surface area contributed by atoms with E-state index in [0.29, 0.717) is 0 Å². The molecule has 3 saturated heterocycles. The maximum Gasteiger partial charge on any atom is 0.308 e. The molecule has 0 spiro atoms. The van der Waals surface area contributed by atoms with E-state index in [1.165, 1.54) is 0 Å².